The molecule has 4 aromatic rings. The van der Waals surface area contributed by atoms with Crippen molar-refractivity contribution in [3.63, 3.8) is 0 Å². The van der Waals surface area contributed by atoms with Crippen molar-refractivity contribution in [2.45, 2.75) is 23.8 Å². The topological polar surface area (TPSA) is 83.4 Å². The first-order valence-corrected chi connectivity index (χ1v) is 15.3. The number of pyridine rings is 1. The zero-order chi connectivity index (χ0) is 29.1. The number of benzene rings is 3. The molecule has 42 heavy (non-hydrogen) atoms. The van der Waals surface area contributed by atoms with E-state index in [1.54, 1.807) is 30.0 Å². The molecule has 1 fully saturated rings. The van der Waals surface area contributed by atoms with Crippen LogP contribution in [0.5, 0.6) is 0 Å². The van der Waals surface area contributed by atoms with Gasteiger partial charge in [0.2, 0.25) is 5.91 Å². The number of para-hydroxylation sites is 1. The molecule has 2 aliphatic rings. The zero-order valence-corrected chi connectivity index (χ0v) is 24.1. The molecule has 6 rings (SSSR count). The summed E-state index contributed by atoms with van der Waals surface area (Å²) in [7, 11) is 0. The number of amides is 2. The minimum atomic E-state index is -0.278. The molecule has 8 heteroatoms. The van der Waals surface area contributed by atoms with Crippen LogP contribution < -0.4 is 21.1 Å². The van der Waals surface area contributed by atoms with Crippen LogP contribution in [-0.2, 0) is 11.3 Å². The van der Waals surface area contributed by atoms with E-state index in [-0.39, 0.29) is 23.3 Å². The third kappa shape index (κ3) is 5.90. The normalized spacial score (nSPS) is 17.5. The number of piperidine rings is 1. The van der Waals surface area contributed by atoms with Gasteiger partial charge in [-0.2, -0.15) is 0 Å². The van der Waals surface area contributed by atoms with E-state index in [2.05, 4.69) is 15.5 Å². The third-order valence-corrected chi connectivity index (χ3v) is 8.71. The molecule has 1 saturated heterocycles. The maximum absolute atomic E-state index is 13.4. The van der Waals surface area contributed by atoms with Gasteiger partial charge in [-0.15, -0.1) is 11.8 Å². The van der Waals surface area contributed by atoms with E-state index in [1.807, 2.05) is 89.7 Å². The lowest BCUT2D eigenvalue weighted by Gasteiger charge is -2.44. The van der Waals surface area contributed by atoms with Crippen LogP contribution in [-0.4, -0.2) is 35.7 Å². The Hall–Kier alpha value is -4.56. The lowest BCUT2D eigenvalue weighted by Crippen LogP contribution is -2.47. The second kappa shape index (κ2) is 12.1. The van der Waals surface area contributed by atoms with Crippen molar-refractivity contribution in [3.05, 3.63) is 124 Å². The van der Waals surface area contributed by atoms with Gasteiger partial charge in [0, 0.05) is 53.8 Å². The minimum absolute atomic E-state index is 0.0483. The number of nitrogens with one attached hydrogen (secondary N) is 2. The first-order valence-electron chi connectivity index (χ1n) is 14.1. The molecular formula is C34H32N4O3S. The minimum Gasteiger partial charge on any atom is -0.369 e. The van der Waals surface area contributed by atoms with Gasteiger partial charge in [0.05, 0.1) is 17.1 Å². The van der Waals surface area contributed by atoms with Crippen LogP contribution in [0.1, 0.15) is 34.0 Å². The molecule has 0 spiro atoms. The van der Waals surface area contributed by atoms with Gasteiger partial charge in [0.15, 0.2) is 0 Å². The van der Waals surface area contributed by atoms with E-state index in [4.69, 9.17) is 0 Å². The monoisotopic (exact) mass is 576 g/mol. The number of anilines is 3. The van der Waals surface area contributed by atoms with Gasteiger partial charge in [0.1, 0.15) is 0 Å². The molecule has 0 aliphatic carbocycles. The number of carbonyl (C=O) groups is 2. The van der Waals surface area contributed by atoms with Crippen LogP contribution in [0.15, 0.2) is 107 Å². The Morgan fingerprint density at radius 2 is 1.67 bits per heavy atom. The summed E-state index contributed by atoms with van der Waals surface area (Å²) in [4.78, 5) is 42.2. The molecule has 3 aromatic carbocycles. The number of hydrogen-bond donors (Lipinski definition) is 2. The highest BCUT2D eigenvalue weighted by Gasteiger charge is 2.35. The Morgan fingerprint density at radius 3 is 2.50 bits per heavy atom. The second-order valence-electron chi connectivity index (χ2n) is 10.7. The standard InChI is InChI=1S/C34H32N4O3S/c1-42-31-12-6-5-10-27(31)36-34(41)25-15-16-30(28(19-25)35-32(39)17-14-23-8-3-2-4-9-23)37-20-24-18-26(22-37)29-11-7-13-33(40)38(29)21-24/h2-17,19,24,26H,18,20-22H2,1H3,(H,35,39)(H,36,41)/b17-14+. The quantitative estimate of drug-likeness (QED) is 0.205. The van der Waals surface area contributed by atoms with Crippen molar-refractivity contribution in [3.8, 4) is 0 Å². The van der Waals surface area contributed by atoms with E-state index < -0.39 is 0 Å². The van der Waals surface area contributed by atoms with Gasteiger partial charge in [-0.05, 0) is 66.6 Å². The molecule has 7 nitrogen and oxygen atoms in total. The maximum atomic E-state index is 13.4. The van der Waals surface area contributed by atoms with Crippen LogP contribution in [0.2, 0.25) is 0 Å². The van der Waals surface area contributed by atoms with Crippen LogP contribution in [0, 0.1) is 5.92 Å². The molecule has 1 aromatic heterocycles. The molecule has 2 amide bonds. The average molecular weight is 577 g/mol. The molecule has 2 N–H and O–H groups in total. The van der Waals surface area contributed by atoms with E-state index >= 15 is 0 Å². The van der Waals surface area contributed by atoms with Gasteiger partial charge in [-0.3, -0.25) is 14.4 Å². The summed E-state index contributed by atoms with van der Waals surface area (Å²) in [6.07, 6.45) is 6.27. The van der Waals surface area contributed by atoms with Gasteiger partial charge >= 0.3 is 0 Å². The van der Waals surface area contributed by atoms with Gasteiger partial charge in [-0.25, -0.2) is 0 Å². The maximum Gasteiger partial charge on any atom is 0.255 e. The van der Waals surface area contributed by atoms with Crippen molar-refractivity contribution >= 4 is 46.7 Å². The molecular weight excluding hydrogens is 544 g/mol. The van der Waals surface area contributed by atoms with Crippen LogP contribution in [0.3, 0.4) is 0 Å². The molecule has 2 atom stereocenters. The van der Waals surface area contributed by atoms with E-state index in [0.717, 1.165) is 47.0 Å². The highest BCUT2D eigenvalue weighted by Crippen LogP contribution is 2.39. The van der Waals surface area contributed by atoms with Crippen LogP contribution in [0.25, 0.3) is 6.08 Å². The Balaban J connectivity index is 1.30. The first kappa shape index (κ1) is 27.6. The van der Waals surface area contributed by atoms with Crippen molar-refractivity contribution < 1.29 is 9.59 Å². The van der Waals surface area contributed by atoms with Crippen molar-refractivity contribution in [1.29, 1.82) is 0 Å². The summed E-state index contributed by atoms with van der Waals surface area (Å²) in [6.45, 7) is 2.15. The average Bonchev–Trinajstić information content (AvgIpc) is 3.01. The SMILES string of the molecule is CSc1ccccc1NC(=O)c1ccc(N2CC3CC(C2)c2cccc(=O)n2C3)c(NC(=O)/C=C/c2ccccc2)c1. The fourth-order valence-corrected chi connectivity index (χ4v) is 6.55. The predicted octanol–water partition coefficient (Wildman–Crippen LogP) is 6.10. The molecule has 3 heterocycles. The number of rotatable bonds is 7. The highest BCUT2D eigenvalue weighted by molar-refractivity contribution is 7.98. The largest absolute Gasteiger partial charge is 0.369 e. The Kier molecular flexibility index (Phi) is 7.97. The molecule has 2 aliphatic heterocycles. The van der Waals surface area contributed by atoms with Gasteiger partial charge < -0.3 is 20.1 Å². The lowest BCUT2D eigenvalue weighted by molar-refractivity contribution is -0.111. The molecule has 0 saturated carbocycles. The Morgan fingerprint density at radius 1 is 0.857 bits per heavy atom. The van der Waals surface area contributed by atoms with E-state index in [9.17, 15) is 14.4 Å². The number of thioether (sulfide) groups is 1. The smallest absolute Gasteiger partial charge is 0.255 e. The second-order valence-corrected chi connectivity index (χ2v) is 11.6. The van der Waals surface area contributed by atoms with Crippen LogP contribution >= 0.6 is 11.8 Å². The Bertz CT molecular complexity index is 1720. The molecule has 212 valence electrons. The Labute approximate surface area is 249 Å². The predicted molar refractivity (Wildman–Crippen MR) is 170 cm³/mol. The number of fused-ring (bicyclic) bond motifs is 4. The number of carbonyl (C=O) groups excluding carboxylic acids is 2. The fourth-order valence-electron chi connectivity index (χ4n) is 6.00. The third-order valence-electron chi connectivity index (χ3n) is 7.92. The summed E-state index contributed by atoms with van der Waals surface area (Å²) in [5.74, 6) is -0.00969. The molecule has 0 radical (unpaired) electrons. The van der Waals surface area contributed by atoms with Crippen molar-refractivity contribution in [2.75, 3.05) is 34.9 Å². The summed E-state index contributed by atoms with van der Waals surface area (Å²) in [5.41, 5.74) is 4.66. The number of nitrogens with zero attached hydrogens (tertiary/aromatic N) is 2. The first-order chi connectivity index (χ1) is 20.5. The lowest BCUT2D eigenvalue weighted by atomic mass is 9.83. The van der Waals surface area contributed by atoms with Crippen molar-refractivity contribution in [2.24, 2.45) is 5.92 Å². The van der Waals surface area contributed by atoms with Crippen molar-refractivity contribution in [1.82, 2.24) is 4.57 Å². The molecule has 2 bridgehead atoms. The number of aromatic nitrogens is 1. The van der Waals surface area contributed by atoms with Gasteiger partial charge in [-0.1, -0.05) is 48.5 Å². The highest BCUT2D eigenvalue weighted by atomic mass is 32.2. The number of hydrogen-bond acceptors (Lipinski definition) is 5. The summed E-state index contributed by atoms with van der Waals surface area (Å²) in [5, 5.41) is 6.07. The van der Waals surface area contributed by atoms with Gasteiger partial charge in [0.25, 0.3) is 11.5 Å². The summed E-state index contributed by atoms with van der Waals surface area (Å²) < 4.78 is 1.91. The summed E-state index contributed by atoms with van der Waals surface area (Å²) in [6, 6.07) is 28.3. The van der Waals surface area contributed by atoms with E-state index in [1.165, 1.54) is 6.08 Å². The summed E-state index contributed by atoms with van der Waals surface area (Å²) >= 11 is 1.57. The molecule has 2 unspecified atom stereocenters. The van der Waals surface area contributed by atoms with E-state index in [0.29, 0.717) is 23.7 Å². The van der Waals surface area contributed by atoms with Crippen LogP contribution in [0.4, 0.5) is 17.1 Å². The zero-order valence-electron chi connectivity index (χ0n) is 23.3. The fraction of sp³-hybridized carbons (Fsp3) is 0.206.